The average molecular weight is 321 g/mol. The van der Waals surface area contributed by atoms with Crippen LogP contribution in [0.5, 0.6) is 5.75 Å². The van der Waals surface area contributed by atoms with Crippen LogP contribution in [0.1, 0.15) is 0 Å². The topological polar surface area (TPSA) is 43.4 Å². The summed E-state index contributed by atoms with van der Waals surface area (Å²) in [6, 6.07) is 8.59. The number of halogens is 3. The highest BCUT2D eigenvalue weighted by molar-refractivity contribution is 7.87. The van der Waals surface area contributed by atoms with Gasteiger partial charge in [0.2, 0.25) is 0 Å². The minimum atomic E-state index is -4.11. The highest BCUT2D eigenvalue weighted by Gasteiger charge is 2.18. The van der Waals surface area contributed by atoms with Gasteiger partial charge < -0.3 is 4.18 Å². The first-order chi connectivity index (χ1) is 8.87. The molecule has 2 aromatic carbocycles. The van der Waals surface area contributed by atoms with Gasteiger partial charge in [-0.3, -0.25) is 0 Å². The smallest absolute Gasteiger partial charge is 0.339 e. The summed E-state index contributed by atoms with van der Waals surface area (Å²) in [7, 11) is -4.11. The van der Waals surface area contributed by atoms with Gasteiger partial charge in [-0.1, -0.05) is 29.3 Å². The van der Waals surface area contributed by atoms with E-state index >= 15 is 0 Å². The fourth-order valence-corrected chi connectivity index (χ4v) is 3.02. The minimum absolute atomic E-state index is 0.129. The molecule has 0 spiro atoms. The summed E-state index contributed by atoms with van der Waals surface area (Å²) in [5.74, 6) is -0.729. The van der Waals surface area contributed by atoms with Crippen molar-refractivity contribution < 1.29 is 17.0 Å². The second kappa shape index (κ2) is 5.36. The molecule has 0 fully saturated rings. The monoisotopic (exact) mass is 320 g/mol. The van der Waals surface area contributed by atoms with Crippen molar-refractivity contribution in [3.63, 3.8) is 0 Å². The summed E-state index contributed by atoms with van der Waals surface area (Å²) < 4.78 is 41.7. The zero-order valence-electron chi connectivity index (χ0n) is 9.31. The van der Waals surface area contributed by atoms with Crippen molar-refractivity contribution in [2.24, 2.45) is 0 Å². The van der Waals surface area contributed by atoms with E-state index in [1.165, 1.54) is 36.4 Å². The van der Waals surface area contributed by atoms with Gasteiger partial charge in [-0.15, -0.1) is 0 Å². The van der Waals surface area contributed by atoms with Crippen molar-refractivity contribution in [1.29, 1.82) is 0 Å². The maximum atomic E-state index is 13.0. The molecule has 100 valence electrons. The molecule has 0 atom stereocenters. The molecule has 19 heavy (non-hydrogen) atoms. The first kappa shape index (κ1) is 14.1. The maximum Gasteiger partial charge on any atom is 0.339 e. The van der Waals surface area contributed by atoms with Gasteiger partial charge in [0, 0.05) is 16.1 Å². The first-order valence-corrected chi connectivity index (χ1v) is 7.19. The van der Waals surface area contributed by atoms with Crippen LogP contribution in [-0.2, 0) is 10.1 Å². The van der Waals surface area contributed by atoms with Gasteiger partial charge in [0.25, 0.3) is 0 Å². The standard InChI is InChI=1S/C12H7Cl2FO3S/c13-8-4-9(14)6-12(5-8)19(16,17)18-11-3-1-2-10(15)7-11/h1-7H. The van der Waals surface area contributed by atoms with E-state index in [1.807, 2.05) is 0 Å². The van der Waals surface area contributed by atoms with Crippen molar-refractivity contribution in [1.82, 2.24) is 0 Å². The van der Waals surface area contributed by atoms with Crippen LogP contribution in [0, 0.1) is 5.82 Å². The van der Waals surface area contributed by atoms with Gasteiger partial charge in [-0.05, 0) is 30.3 Å². The Morgan fingerprint density at radius 2 is 1.63 bits per heavy atom. The zero-order valence-corrected chi connectivity index (χ0v) is 11.6. The molecule has 0 bridgehead atoms. The van der Waals surface area contributed by atoms with Gasteiger partial charge in [0.05, 0.1) is 0 Å². The maximum absolute atomic E-state index is 13.0. The van der Waals surface area contributed by atoms with E-state index in [9.17, 15) is 12.8 Å². The predicted molar refractivity (Wildman–Crippen MR) is 70.7 cm³/mol. The summed E-state index contributed by atoms with van der Waals surface area (Å²) in [4.78, 5) is -0.200. The van der Waals surface area contributed by atoms with E-state index in [-0.39, 0.29) is 20.7 Å². The van der Waals surface area contributed by atoms with Crippen molar-refractivity contribution in [3.8, 4) is 5.75 Å². The van der Waals surface area contributed by atoms with Gasteiger partial charge >= 0.3 is 10.1 Å². The molecular weight excluding hydrogens is 314 g/mol. The molecule has 0 N–H and O–H groups in total. The predicted octanol–water partition coefficient (Wildman–Crippen LogP) is 3.90. The van der Waals surface area contributed by atoms with Crippen molar-refractivity contribution in [3.05, 3.63) is 58.3 Å². The Bertz CT molecular complexity index is 696. The third-order valence-electron chi connectivity index (χ3n) is 2.13. The van der Waals surface area contributed by atoms with Gasteiger partial charge in [-0.2, -0.15) is 8.42 Å². The molecule has 2 rings (SSSR count). The van der Waals surface area contributed by atoms with Crippen LogP contribution in [0.2, 0.25) is 10.0 Å². The third kappa shape index (κ3) is 3.59. The molecule has 0 saturated heterocycles. The molecule has 0 heterocycles. The summed E-state index contributed by atoms with van der Waals surface area (Å²) in [6.07, 6.45) is 0. The summed E-state index contributed by atoms with van der Waals surface area (Å²) in [5, 5.41) is 0.322. The molecule has 0 aliphatic heterocycles. The molecule has 7 heteroatoms. The lowest BCUT2D eigenvalue weighted by Gasteiger charge is -2.07. The summed E-state index contributed by atoms with van der Waals surface area (Å²) in [5.41, 5.74) is 0. The number of hydrogen-bond acceptors (Lipinski definition) is 3. The second-order valence-electron chi connectivity index (χ2n) is 3.60. The van der Waals surface area contributed by atoms with E-state index in [2.05, 4.69) is 0 Å². The van der Waals surface area contributed by atoms with E-state index in [0.29, 0.717) is 0 Å². The molecule has 0 amide bonds. The van der Waals surface area contributed by atoms with Crippen molar-refractivity contribution in [2.75, 3.05) is 0 Å². The molecule has 0 radical (unpaired) electrons. The molecule has 0 aromatic heterocycles. The molecule has 3 nitrogen and oxygen atoms in total. The fraction of sp³-hybridized carbons (Fsp3) is 0. The Morgan fingerprint density at radius 3 is 2.21 bits per heavy atom. The molecular formula is C12H7Cl2FO3S. The van der Waals surface area contributed by atoms with Crippen LogP contribution >= 0.6 is 23.2 Å². The lowest BCUT2D eigenvalue weighted by atomic mass is 10.3. The molecule has 2 aromatic rings. The molecule has 0 aliphatic rings. The van der Waals surface area contributed by atoms with E-state index < -0.39 is 15.9 Å². The SMILES string of the molecule is O=S(=O)(Oc1cccc(F)c1)c1cc(Cl)cc(Cl)c1. The van der Waals surface area contributed by atoms with Crippen LogP contribution in [0.25, 0.3) is 0 Å². The van der Waals surface area contributed by atoms with Crippen LogP contribution in [0.15, 0.2) is 47.4 Å². The van der Waals surface area contributed by atoms with Crippen molar-refractivity contribution in [2.45, 2.75) is 4.90 Å². The zero-order chi connectivity index (χ0) is 14.0. The number of rotatable bonds is 3. The first-order valence-electron chi connectivity index (χ1n) is 5.03. The number of benzene rings is 2. The molecule has 0 aliphatic carbocycles. The van der Waals surface area contributed by atoms with Gasteiger partial charge in [0.1, 0.15) is 16.5 Å². The highest BCUT2D eigenvalue weighted by atomic mass is 35.5. The largest absolute Gasteiger partial charge is 0.379 e. The van der Waals surface area contributed by atoms with Crippen LogP contribution in [0.3, 0.4) is 0 Å². The van der Waals surface area contributed by atoms with Crippen molar-refractivity contribution >= 4 is 33.3 Å². The summed E-state index contributed by atoms with van der Waals surface area (Å²) >= 11 is 11.4. The Labute approximate surface area is 119 Å². The molecule has 0 unspecified atom stereocenters. The highest BCUT2D eigenvalue weighted by Crippen LogP contribution is 2.25. The van der Waals surface area contributed by atoms with E-state index in [1.54, 1.807) is 0 Å². The Hall–Kier alpha value is -1.30. The Kier molecular flexibility index (Phi) is 3.99. The Balaban J connectivity index is 2.37. The lowest BCUT2D eigenvalue weighted by Crippen LogP contribution is -2.09. The number of hydrogen-bond donors (Lipinski definition) is 0. The van der Waals surface area contributed by atoms with Crippen LogP contribution < -0.4 is 4.18 Å². The lowest BCUT2D eigenvalue weighted by molar-refractivity contribution is 0.483. The fourth-order valence-electron chi connectivity index (χ4n) is 1.37. The normalized spacial score (nSPS) is 11.3. The quantitative estimate of drug-likeness (QED) is 0.805. The summed E-state index contributed by atoms with van der Waals surface area (Å²) in [6.45, 7) is 0. The third-order valence-corrected chi connectivity index (χ3v) is 3.79. The van der Waals surface area contributed by atoms with Gasteiger partial charge in [0.15, 0.2) is 0 Å². The van der Waals surface area contributed by atoms with E-state index in [4.69, 9.17) is 27.4 Å². The van der Waals surface area contributed by atoms with Gasteiger partial charge in [-0.25, -0.2) is 4.39 Å². The van der Waals surface area contributed by atoms with E-state index in [0.717, 1.165) is 6.07 Å². The second-order valence-corrected chi connectivity index (χ2v) is 6.02. The van der Waals surface area contributed by atoms with Crippen LogP contribution in [-0.4, -0.2) is 8.42 Å². The van der Waals surface area contributed by atoms with Crippen LogP contribution in [0.4, 0.5) is 4.39 Å². The average Bonchev–Trinajstić information content (AvgIpc) is 2.26. The minimum Gasteiger partial charge on any atom is -0.379 e. The molecule has 0 saturated carbocycles. The Morgan fingerprint density at radius 1 is 1.00 bits per heavy atom.